The normalized spacial score (nSPS) is 12.6. The zero-order valence-electron chi connectivity index (χ0n) is 14.4. The maximum atomic E-state index is 12.4. The molecule has 0 radical (unpaired) electrons. The van der Waals surface area contributed by atoms with Crippen molar-refractivity contribution < 1.29 is 18.7 Å². The SMILES string of the molecule is O=C(Nc1nnc(CCSc2ccccc2)o1)c1ccc2c(c1)OCCO2. The molecular weight excluding hydrogens is 366 g/mol. The average molecular weight is 383 g/mol. The number of rotatable bonds is 6. The summed E-state index contributed by atoms with van der Waals surface area (Å²) in [5.74, 6) is 2.13. The summed E-state index contributed by atoms with van der Waals surface area (Å²) >= 11 is 1.71. The van der Waals surface area contributed by atoms with Crippen LogP contribution < -0.4 is 14.8 Å². The van der Waals surface area contributed by atoms with Gasteiger partial charge in [-0.25, -0.2) is 0 Å². The van der Waals surface area contributed by atoms with E-state index >= 15 is 0 Å². The fraction of sp³-hybridized carbons (Fsp3) is 0.211. The number of benzene rings is 2. The van der Waals surface area contributed by atoms with Gasteiger partial charge in [-0.15, -0.1) is 16.9 Å². The van der Waals surface area contributed by atoms with Gasteiger partial charge in [-0.2, -0.15) is 0 Å². The van der Waals surface area contributed by atoms with Crippen LogP contribution in [0.25, 0.3) is 0 Å². The number of hydrogen-bond donors (Lipinski definition) is 1. The zero-order chi connectivity index (χ0) is 18.5. The molecule has 1 aliphatic rings. The monoisotopic (exact) mass is 383 g/mol. The zero-order valence-corrected chi connectivity index (χ0v) is 15.2. The summed E-state index contributed by atoms with van der Waals surface area (Å²) in [5, 5.41) is 10.5. The molecule has 0 saturated carbocycles. The quantitative estimate of drug-likeness (QED) is 0.653. The lowest BCUT2D eigenvalue weighted by molar-refractivity contribution is 0.102. The van der Waals surface area contributed by atoms with Gasteiger partial charge in [0.1, 0.15) is 13.2 Å². The van der Waals surface area contributed by atoms with Crippen molar-refractivity contribution in [2.75, 3.05) is 24.3 Å². The van der Waals surface area contributed by atoms with E-state index in [0.29, 0.717) is 42.6 Å². The smallest absolute Gasteiger partial charge is 0.322 e. The molecule has 1 aliphatic heterocycles. The molecule has 1 N–H and O–H groups in total. The fourth-order valence-electron chi connectivity index (χ4n) is 2.53. The molecule has 0 spiro atoms. The second kappa shape index (κ2) is 8.13. The number of hydrogen-bond acceptors (Lipinski definition) is 7. The Kier molecular flexibility index (Phi) is 5.24. The number of carbonyl (C=O) groups excluding carboxylic acids is 1. The van der Waals surface area contributed by atoms with Crippen LogP contribution in [0.1, 0.15) is 16.2 Å². The Morgan fingerprint density at radius 1 is 1.04 bits per heavy atom. The number of thioether (sulfide) groups is 1. The number of anilines is 1. The van der Waals surface area contributed by atoms with E-state index in [1.807, 2.05) is 18.2 Å². The highest BCUT2D eigenvalue weighted by Gasteiger charge is 2.16. The second-order valence-corrected chi connectivity index (χ2v) is 6.89. The number of nitrogens with zero attached hydrogens (tertiary/aromatic N) is 2. The number of carbonyl (C=O) groups is 1. The maximum absolute atomic E-state index is 12.4. The van der Waals surface area contributed by atoms with Gasteiger partial charge in [0.15, 0.2) is 11.5 Å². The fourth-order valence-corrected chi connectivity index (χ4v) is 3.39. The summed E-state index contributed by atoms with van der Waals surface area (Å²) in [5.41, 5.74) is 0.429. The van der Waals surface area contributed by atoms with Crippen LogP contribution in [-0.2, 0) is 6.42 Å². The van der Waals surface area contributed by atoms with Gasteiger partial charge in [0.2, 0.25) is 5.89 Å². The van der Waals surface area contributed by atoms with Gasteiger partial charge in [0.05, 0.1) is 0 Å². The largest absolute Gasteiger partial charge is 0.486 e. The molecule has 0 fully saturated rings. The Morgan fingerprint density at radius 3 is 2.70 bits per heavy atom. The van der Waals surface area contributed by atoms with Crippen LogP contribution in [0.2, 0.25) is 0 Å². The molecule has 7 nitrogen and oxygen atoms in total. The Hall–Kier alpha value is -3.00. The van der Waals surface area contributed by atoms with Gasteiger partial charge in [-0.1, -0.05) is 23.3 Å². The highest BCUT2D eigenvalue weighted by Crippen LogP contribution is 2.31. The lowest BCUT2D eigenvalue weighted by Gasteiger charge is -2.18. The van der Waals surface area contributed by atoms with E-state index in [0.717, 1.165) is 5.75 Å². The summed E-state index contributed by atoms with van der Waals surface area (Å²) in [7, 11) is 0. The van der Waals surface area contributed by atoms with Crippen molar-refractivity contribution in [2.45, 2.75) is 11.3 Å². The molecule has 8 heteroatoms. The molecule has 2 aromatic carbocycles. The predicted octanol–water partition coefficient (Wildman–Crippen LogP) is 3.43. The summed E-state index contributed by atoms with van der Waals surface area (Å²) < 4.78 is 16.4. The first-order chi connectivity index (χ1) is 13.3. The lowest BCUT2D eigenvalue weighted by atomic mass is 10.2. The van der Waals surface area contributed by atoms with Crippen LogP contribution in [0.3, 0.4) is 0 Å². The van der Waals surface area contributed by atoms with E-state index in [2.05, 4.69) is 27.6 Å². The second-order valence-electron chi connectivity index (χ2n) is 5.73. The van der Waals surface area contributed by atoms with Crippen molar-refractivity contribution in [1.29, 1.82) is 0 Å². The van der Waals surface area contributed by atoms with E-state index in [1.54, 1.807) is 30.0 Å². The first-order valence-corrected chi connectivity index (χ1v) is 9.48. The first kappa shape index (κ1) is 17.4. The highest BCUT2D eigenvalue weighted by atomic mass is 32.2. The Labute approximate surface area is 160 Å². The van der Waals surface area contributed by atoms with E-state index in [4.69, 9.17) is 13.9 Å². The molecule has 0 saturated heterocycles. The molecule has 0 unspecified atom stereocenters. The van der Waals surface area contributed by atoms with Crippen molar-refractivity contribution in [1.82, 2.24) is 10.2 Å². The average Bonchev–Trinajstić information content (AvgIpc) is 3.15. The topological polar surface area (TPSA) is 86.5 Å². The number of aryl methyl sites for hydroxylation is 1. The van der Waals surface area contributed by atoms with E-state index in [9.17, 15) is 4.79 Å². The molecular formula is C19H17N3O4S. The van der Waals surface area contributed by atoms with Gasteiger partial charge in [-0.3, -0.25) is 10.1 Å². The minimum Gasteiger partial charge on any atom is -0.486 e. The minimum atomic E-state index is -0.346. The van der Waals surface area contributed by atoms with E-state index in [-0.39, 0.29) is 11.9 Å². The van der Waals surface area contributed by atoms with E-state index in [1.165, 1.54) is 4.90 Å². The number of ether oxygens (including phenoxy) is 2. The van der Waals surface area contributed by atoms with Crippen molar-refractivity contribution in [3.63, 3.8) is 0 Å². The van der Waals surface area contributed by atoms with Crippen LogP contribution in [0.5, 0.6) is 11.5 Å². The van der Waals surface area contributed by atoms with Crippen LogP contribution in [-0.4, -0.2) is 35.1 Å². The standard InChI is InChI=1S/C19H17N3O4S/c23-18(13-6-7-15-16(12-13)25-10-9-24-15)20-19-22-21-17(26-19)8-11-27-14-4-2-1-3-5-14/h1-7,12H,8-11H2,(H,20,22,23). The molecule has 0 bridgehead atoms. The summed E-state index contributed by atoms with van der Waals surface area (Å²) in [4.78, 5) is 13.6. The Balaban J connectivity index is 1.32. The van der Waals surface area contributed by atoms with Gasteiger partial charge in [0, 0.05) is 22.6 Å². The third kappa shape index (κ3) is 4.40. The summed E-state index contributed by atoms with van der Waals surface area (Å²) in [6.07, 6.45) is 0.618. The van der Waals surface area contributed by atoms with Crippen molar-refractivity contribution in [3.8, 4) is 11.5 Å². The number of nitrogens with one attached hydrogen (secondary N) is 1. The van der Waals surface area contributed by atoms with E-state index < -0.39 is 0 Å². The molecule has 4 rings (SSSR count). The van der Waals surface area contributed by atoms with Crippen LogP contribution >= 0.6 is 11.8 Å². The molecule has 0 aliphatic carbocycles. The lowest BCUT2D eigenvalue weighted by Crippen LogP contribution is -2.17. The molecule has 138 valence electrons. The van der Waals surface area contributed by atoms with Crippen LogP contribution in [0, 0.1) is 0 Å². The molecule has 0 atom stereocenters. The number of amides is 1. The van der Waals surface area contributed by atoms with Crippen LogP contribution in [0.15, 0.2) is 57.8 Å². The molecule has 3 aromatic rings. The minimum absolute atomic E-state index is 0.0783. The Bertz CT molecular complexity index is 930. The van der Waals surface area contributed by atoms with Gasteiger partial charge < -0.3 is 13.9 Å². The molecule has 2 heterocycles. The highest BCUT2D eigenvalue weighted by molar-refractivity contribution is 7.99. The van der Waals surface area contributed by atoms with Crippen LogP contribution in [0.4, 0.5) is 6.01 Å². The van der Waals surface area contributed by atoms with Gasteiger partial charge in [-0.05, 0) is 30.3 Å². The van der Waals surface area contributed by atoms with Crippen molar-refractivity contribution in [3.05, 3.63) is 60.0 Å². The molecule has 1 aromatic heterocycles. The first-order valence-electron chi connectivity index (χ1n) is 8.49. The van der Waals surface area contributed by atoms with Crippen molar-refractivity contribution >= 4 is 23.7 Å². The third-order valence-corrected chi connectivity index (χ3v) is 4.83. The van der Waals surface area contributed by atoms with Gasteiger partial charge >= 0.3 is 6.01 Å². The predicted molar refractivity (Wildman–Crippen MR) is 101 cm³/mol. The van der Waals surface area contributed by atoms with Gasteiger partial charge in [0.25, 0.3) is 5.91 Å². The van der Waals surface area contributed by atoms with Crippen molar-refractivity contribution in [2.24, 2.45) is 0 Å². The Morgan fingerprint density at radius 2 is 1.85 bits per heavy atom. The molecule has 27 heavy (non-hydrogen) atoms. The summed E-state index contributed by atoms with van der Waals surface area (Å²) in [6.45, 7) is 0.970. The molecule has 1 amide bonds. The number of fused-ring (bicyclic) bond motifs is 1. The third-order valence-electron chi connectivity index (χ3n) is 3.82. The summed E-state index contributed by atoms with van der Waals surface area (Å²) in [6, 6.07) is 15.2. The maximum Gasteiger partial charge on any atom is 0.322 e. The number of aromatic nitrogens is 2.